The minimum absolute atomic E-state index is 0.0365. The van der Waals surface area contributed by atoms with E-state index in [1.807, 2.05) is 6.92 Å². The first-order valence-corrected chi connectivity index (χ1v) is 3.36. The summed E-state index contributed by atoms with van der Waals surface area (Å²) in [5.74, 6) is 0. The molecule has 0 spiro atoms. The van der Waals surface area contributed by atoms with Crippen molar-refractivity contribution in [3.8, 4) is 0 Å². The first-order chi connectivity index (χ1) is 4.33. The SMILES string of the molecule is C[CH]OC1(CC)COC1. The molecule has 0 N–H and O–H groups in total. The molecule has 1 aliphatic rings. The molecule has 1 radical (unpaired) electrons. The molecule has 0 saturated carbocycles. The van der Waals surface area contributed by atoms with Crippen LogP contribution in [0.3, 0.4) is 0 Å². The third kappa shape index (κ3) is 1.25. The molecule has 1 heterocycles. The molecule has 1 rings (SSSR count). The summed E-state index contributed by atoms with van der Waals surface area (Å²) in [6.45, 7) is 7.27. The van der Waals surface area contributed by atoms with E-state index in [1.54, 1.807) is 6.61 Å². The number of hydrogen-bond donors (Lipinski definition) is 0. The predicted molar refractivity (Wildman–Crippen MR) is 34.9 cm³/mol. The van der Waals surface area contributed by atoms with Gasteiger partial charge in [-0.3, -0.25) is 0 Å². The topological polar surface area (TPSA) is 18.5 Å². The Kier molecular flexibility index (Phi) is 2.09. The Hall–Kier alpha value is -0.0800. The molecule has 9 heavy (non-hydrogen) atoms. The van der Waals surface area contributed by atoms with Crippen LogP contribution in [0.5, 0.6) is 0 Å². The standard InChI is InChI=1S/C7H13O2/c1-3-7(9-4-2)5-8-6-7/h4H,3,5-6H2,1-2H3. The molecule has 1 aliphatic heterocycles. The van der Waals surface area contributed by atoms with Crippen molar-refractivity contribution in [2.45, 2.75) is 25.9 Å². The van der Waals surface area contributed by atoms with Gasteiger partial charge in [0, 0.05) is 0 Å². The van der Waals surface area contributed by atoms with Crippen molar-refractivity contribution in [1.82, 2.24) is 0 Å². The van der Waals surface area contributed by atoms with Crippen LogP contribution < -0.4 is 0 Å². The maximum absolute atomic E-state index is 5.36. The van der Waals surface area contributed by atoms with E-state index in [0.717, 1.165) is 19.6 Å². The first kappa shape index (κ1) is 7.03. The fraction of sp³-hybridized carbons (Fsp3) is 0.857. The summed E-state index contributed by atoms with van der Waals surface area (Å²) in [6, 6.07) is 0. The highest BCUT2D eigenvalue weighted by Gasteiger charge is 2.37. The first-order valence-electron chi connectivity index (χ1n) is 3.36. The zero-order valence-electron chi connectivity index (χ0n) is 6.02. The van der Waals surface area contributed by atoms with Crippen LogP contribution in [0, 0.1) is 6.61 Å². The monoisotopic (exact) mass is 129 g/mol. The van der Waals surface area contributed by atoms with Gasteiger partial charge in [-0.15, -0.1) is 0 Å². The molecule has 0 atom stereocenters. The summed E-state index contributed by atoms with van der Waals surface area (Å²) in [7, 11) is 0. The van der Waals surface area contributed by atoms with Gasteiger partial charge >= 0.3 is 0 Å². The van der Waals surface area contributed by atoms with Crippen molar-refractivity contribution in [2.75, 3.05) is 13.2 Å². The van der Waals surface area contributed by atoms with Crippen molar-refractivity contribution in [3.05, 3.63) is 6.61 Å². The molecule has 53 valence electrons. The zero-order valence-corrected chi connectivity index (χ0v) is 6.02. The Morgan fingerprint density at radius 1 is 1.67 bits per heavy atom. The molecule has 2 nitrogen and oxygen atoms in total. The smallest absolute Gasteiger partial charge is 0.115 e. The summed E-state index contributed by atoms with van der Waals surface area (Å²) in [5.41, 5.74) is 0.0365. The van der Waals surface area contributed by atoms with Gasteiger partial charge in [0.15, 0.2) is 0 Å². The quantitative estimate of drug-likeness (QED) is 0.573. The molecule has 0 aromatic carbocycles. The maximum Gasteiger partial charge on any atom is 0.115 e. The molecule has 2 heteroatoms. The van der Waals surface area contributed by atoms with E-state index in [0.29, 0.717) is 0 Å². The predicted octanol–water partition coefficient (Wildman–Crippen LogP) is 1.36. The second-order valence-corrected chi connectivity index (χ2v) is 2.38. The van der Waals surface area contributed by atoms with Crippen LogP contribution in [0.2, 0.25) is 0 Å². The minimum atomic E-state index is 0.0365. The van der Waals surface area contributed by atoms with Crippen molar-refractivity contribution in [2.24, 2.45) is 0 Å². The largest absolute Gasteiger partial charge is 0.375 e. The van der Waals surface area contributed by atoms with E-state index in [-0.39, 0.29) is 5.60 Å². The van der Waals surface area contributed by atoms with Crippen molar-refractivity contribution < 1.29 is 9.47 Å². The Morgan fingerprint density at radius 3 is 2.44 bits per heavy atom. The Bertz CT molecular complexity index is 81.4. The van der Waals surface area contributed by atoms with E-state index in [1.165, 1.54) is 0 Å². The van der Waals surface area contributed by atoms with Crippen LogP contribution in [-0.4, -0.2) is 18.8 Å². The van der Waals surface area contributed by atoms with E-state index in [4.69, 9.17) is 9.47 Å². The second-order valence-electron chi connectivity index (χ2n) is 2.38. The molecule has 0 bridgehead atoms. The lowest BCUT2D eigenvalue weighted by molar-refractivity contribution is -0.193. The van der Waals surface area contributed by atoms with Gasteiger partial charge in [0.1, 0.15) is 5.60 Å². The fourth-order valence-electron chi connectivity index (χ4n) is 0.935. The number of rotatable bonds is 3. The van der Waals surface area contributed by atoms with E-state index < -0.39 is 0 Å². The van der Waals surface area contributed by atoms with Crippen LogP contribution in [0.4, 0.5) is 0 Å². The summed E-state index contributed by atoms with van der Waals surface area (Å²) in [4.78, 5) is 0. The average Bonchev–Trinajstić information content (AvgIpc) is 1.79. The van der Waals surface area contributed by atoms with Crippen molar-refractivity contribution in [3.63, 3.8) is 0 Å². The van der Waals surface area contributed by atoms with Gasteiger partial charge < -0.3 is 9.47 Å². The summed E-state index contributed by atoms with van der Waals surface area (Å²) in [5, 5.41) is 0. The molecule has 0 amide bonds. The highest BCUT2D eigenvalue weighted by molar-refractivity contribution is 4.86. The molecule has 0 aromatic heterocycles. The van der Waals surface area contributed by atoms with Crippen LogP contribution in [0.25, 0.3) is 0 Å². The lowest BCUT2D eigenvalue weighted by Gasteiger charge is -2.39. The van der Waals surface area contributed by atoms with Gasteiger partial charge in [-0.05, 0) is 13.3 Å². The zero-order chi connectivity index (χ0) is 6.74. The molecule has 1 fully saturated rings. The summed E-state index contributed by atoms with van der Waals surface area (Å²) < 4.78 is 10.4. The van der Waals surface area contributed by atoms with Crippen LogP contribution in [-0.2, 0) is 9.47 Å². The lowest BCUT2D eigenvalue weighted by atomic mass is 9.99. The lowest BCUT2D eigenvalue weighted by Crippen LogP contribution is -2.50. The van der Waals surface area contributed by atoms with Gasteiger partial charge in [0.05, 0.1) is 19.8 Å². The van der Waals surface area contributed by atoms with E-state index in [9.17, 15) is 0 Å². The maximum atomic E-state index is 5.36. The van der Waals surface area contributed by atoms with Gasteiger partial charge in [0.25, 0.3) is 0 Å². The third-order valence-electron chi connectivity index (χ3n) is 1.74. The average molecular weight is 129 g/mol. The fourth-order valence-corrected chi connectivity index (χ4v) is 0.935. The van der Waals surface area contributed by atoms with E-state index >= 15 is 0 Å². The molecule has 0 unspecified atom stereocenters. The van der Waals surface area contributed by atoms with Crippen LogP contribution in [0.1, 0.15) is 20.3 Å². The molecule has 0 aromatic rings. The van der Waals surface area contributed by atoms with Gasteiger partial charge in [-0.2, -0.15) is 0 Å². The summed E-state index contributed by atoms with van der Waals surface area (Å²) >= 11 is 0. The van der Waals surface area contributed by atoms with Crippen LogP contribution in [0.15, 0.2) is 0 Å². The number of ether oxygens (including phenoxy) is 2. The molecular formula is C7H13O2. The molecule has 1 saturated heterocycles. The van der Waals surface area contributed by atoms with Crippen molar-refractivity contribution >= 4 is 0 Å². The van der Waals surface area contributed by atoms with Gasteiger partial charge in [-0.25, -0.2) is 0 Å². The number of hydrogen-bond acceptors (Lipinski definition) is 2. The highest BCUT2D eigenvalue weighted by Crippen LogP contribution is 2.25. The van der Waals surface area contributed by atoms with Gasteiger partial charge in [-0.1, -0.05) is 6.92 Å². The van der Waals surface area contributed by atoms with Crippen LogP contribution >= 0.6 is 0 Å². The van der Waals surface area contributed by atoms with E-state index in [2.05, 4.69) is 6.92 Å². The summed E-state index contributed by atoms with van der Waals surface area (Å²) in [6.07, 6.45) is 1.04. The van der Waals surface area contributed by atoms with Gasteiger partial charge in [0.2, 0.25) is 0 Å². The third-order valence-corrected chi connectivity index (χ3v) is 1.74. The Balaban J connectivity index is 2.28. The van der Waals surface area contributed by atoms with Crippen molar-refractivity contribution in [1.29, 1.82) is 0 Å². The highest BCUT2D eigenvalue weighted by atomic mass is 16.6. The molecular weight excluding hydrogens is 116 g/mol. The molecule has 0 aliphatic carbocycles. The normalized spacial score (nSPS) is 23.3. The Morgan fingerprint density at radius 2 is 2.33 bits per heavy atom. The minimum Gasteiger partial charge on any atom is -0.375 e. The second kappa shape index (κ2) is 2.67. The Labute approximate surface area is 56.2 Å².